The van der Waals surface area contributed by atoms with Gasteiger partial charge in [-0.25, -0.2) is 14.4 Å². The number of rotatable bonds is 6. The molecule has 0 fully saturated rings. The van der Waals surface area contributed by atoms with Crippen molar-refractivity contribution >= 4 is 11.7 Å². The molecule has 0 bridgehead atoms. The van der Waals surface area contributed by atoms with Crippen molar-refractivity contribution in [3.63, 3.8) is 0 Å². The van der Waals surface area contributed by atoms with Gasteiger partial charge in [0, 0.05) is 31.3 Å². The van der Waals surface area contributed by atoms with E-state index in [1.54, 1.807) is 24.3 Å². The molecule has 22 heavy (non-hydrogen) atoms. The number of nitrogens with zero attached hydrogens (tertiary/aromatic N) is 3. The van der Waals surface area contributed by atoms with Gasteiger partial charge in [-0.3, -0.25) is 4.79 Å². The number of halogens is 1. The molecule has 0 saturated carbocycles. The quantitative estimate of drug-likeness (QED) is 0.890. The van der Waals surface area contributed by atoms with Crippen LogP contribution in [0.4, 0.5) is 10.2 Å². The number of amides is 1. The summed E-state index contributed by atoms with van der Waals surface area (Å²) in [7, 11) is 0. The summed E-state index contributed by atoms with van der Waals surface area (Å²) >= 11 is 0. The zero-order valence-electron chi connectivity index (χ0n) is 12.7. The SMILES string of the molecule is CCN(CC)c1cc(C(=O)NCc2ccccc2F)ncn1. The molecule has 2 aromatic rings. The van der Waals surface area contributed by atoms with Crippen LogP contribution in [0.5, 0.6) is 0 Å². The van der Waals surface area contributed by atoms with E-state index >= 15 is 0 Å². The Bertz CT molecular complexity index is 644. The summed E-state index contributed by atoms with van der Waals surface area (Å²) in [5.41, 5.74) is 0.710. The molecular formula is C16H19FN4O. The lowest BCUT2D eigenvalue weighted by Gasteiger charge is -2.19. The number of anilines is 1. The number of hydrogen-bond acceptors (Lipinski definition) is 4. The van der Waals surface area contributed by atoms with Crippen LogP contribution in [0.1, 0.15) is 29.9 Å². The lowest BCUT2D eigenvalue weighted by molar-refractivity contribution is 0.0945. The van der Waals surface area contributed by atoms with Crippen molar-refractivity contribution in [2.24, 2.45) is 0 Å². The fraction of sp³-hybridized carbons (Fsp3) is 0.312. The van der Waals surface area contributed by atoms with Crippen molar-refractivity contribution in [3.05, 3.63) is 53.7 Å². The maximum atomic E-state index is 13.5. The highest BCUT2D eigenvalue weighted by Crippen LogP contribution is 2.11. The molecule has 1 aromatic heterocycles. The molecule has 0 saturated heterocycles. The van der Waals surface area contributed by atoms with E-state index in [1.165, 1.54) is 12.4 Å². The van der Waals surface area contributed by atoms with Crippen molar-refractivity contribution < 1.29 is 9.18 Å². The molecule has 0 unspecified atom stereocenters. The molecule has 116 valence electrons. The van der Waals surface area contributed by atoms with Crippen LogP contribution < -0.4 is 10.2 Å². The normalized spacial score (nSPS) is 10.3. The lowest BCUT2D eigenvalue weighted by atomic mass is 10.2. The van der Waals surface area contributed by atoms with E-state index in [9.17, 15) is 9.18 Å². The van der Waals surface area contributed by atoms with Crippen molar-refractivity contribution in [1.82, 2.24) is 15.3 Å². The van der Waals surface area contributed by atoms with Crippen LogP contribution in [0.15, 0.2) is 36.7 Å². The molecule has 5 nitrogen and oxygen atoms in total. The molecule has 0 aliphatic rings. The first kappa shape index (κ1) is 15.9. The maximum Gasteiger partial charge on any atom is 0.270 e. The molecule has 0 radical (unpaired) electrons. The first-order valence-electron chi connectivity index (χ1n) is 7.24. The predicted octanol–water partition coefficient (Wildman–Crippen LogP) is 2.39. The zero-order valence-corrected chi connectivity index (χ0v) is 12.7. The van der Waals surface area contributed by atoms with Crippen LogP contribution in [-0.2, 0) is 6.54 Å². The Balaban J connectivity index is 2.07. The van der Waals surface area contributed by atoms with E-state index in [0.29, 0.717) is 11.4 Å². The number of aromatic nitrogens is 2. The summed E-state index contributed by atoms with van der Waals surface area (Å²) in [5.74, 6) is 0.0180. The van der Waals surface area contributed by atoms with Gasteiger partial charge in [0.2, 0.25) is 0 Å². The fourth-order valence-corrected chi connectivity index (χ4v) is 2.10. The molecule has 0 atom stereocenters. The Morgan fingerprint density at radius 3 is 2.64 bits per heavy atom. The number of carbonyl (C=O) groups excluding carboxylic acids is 1. The molecule has 1 heterocycles. The summed E-state index contributed by atoms with van der Waals surface area (Å²) in [5, 5.41) is 2.67. The van der Waals surface area contributed by atoms with Crippen LogP contribution in [0.2, 0.25) is 0 Å². The minimum Gasteiger partial charge on any atom is -0.357 e. The highest BCUT2D eigenvalue weighted by atomic mass is 19.1. The van der Waals surface area contributed by atoms with Gasteiger partial charge < -0.3 is 10.2 Å². The molecule has 6 heteroatoms. The zero-order chi connectivity index (χ0) is 15.9. The van der Waals surface area contributed by atoms with Crippen molar-refractivity contribution in [2.75, 3.05) is 18.0 Å². The van der Waals surface area contributed by atoms with Crippen LogP contribution in [-0.4, -0.2) is 29.0 Å². The average molecular weight is 302 g/mol. The number of benzene rings is 1. The first-order valence-corrected chi connectivity index (χ1v) is 7.24. The second kappa shape index (κ2) is 7.49. The number of carbonyl (C=O) groups is 1. The molecule has 0 aliphatic carbocycles. The van der Waals surface area contributed by atoms with Gasteiger partial charge in [0.05, 0.1) is 0 Å². The summed E-state index contributed by atoms with van der Waals surface area (Å²) in [6.45, 7) is 5.75. The summed E-state index contributed by atoms with van der Waals surface area (Å²) in [6, 6.07) is 7.99. The Hall–Kier alpha value is -2.50. The third kappa shape index (κ3) is 3.78. The van der Waals surface area contributed by atoms with E-state index in [0.717, 1.165) is 13.1 Å². The summed E-state index contributed by atoms with van der Waals surface area (Å²) in [6.07, 6.45) is 1.37. The van der Waals surface area contributed by atoms with Crippen molar-refractivity contribution in [1.29, 1.82) is 0 Å². The minimum atomic E-state index is -0.348. The largest absolute Gasteiger partial charge is 0.357 e. The average Bonchev–Trinajstić information content (AvgIpc) is 2.55. The van der Waals surface area contributed by atoms with E-state index in [2.05, 4.69) is 15.3 Å². The molecule has 2 rings (SSSR count). The van der Waals surface area contributed by atoms with E-state index in [4.69, 9.17) is 0 Å². The fourth-order valence-electron chi connectivity index (χ4n) is 2.10. The van der Waals surface area contributed by atoms with E-state index < -0.39 is 0 Å². The standard InChI is InChI=1S/C16H19FN4O/c1-3-21(4-2)15-9-14(19-11-20-15)16(22)18-10-12-7-5-6-8-13(12)17/h5-9,11H,3-4,10H2,1-2H3,(H,18,22). The van der Waals surface area contributed by atoms with Gasteiger partial charge in [0.25, 0.3) is 5.91 Å². The Kier molecular flexibility index (Phi) is 5.41. The first-order chi connectivity index (χ1) is 10.7. The topological polar surface area (TPSA) is 58.1 Å². The van der Waals surface area contributed by atoms with Crippen LogP contribution in [0.3, 0.4) is 0 Å². The monoisotopic (exact) mass is 302 g/mol. The van der Waals surface area contributed by atoms with E-state index in [1.807, 2.05) is 18.7 Å². The third-order valence-electron chi connectivity index (χ3n) is 3.37. The molecular weight excluding hydrogens is 283 g/mol. The van der Waals surface area contributed by atoms with Crippen LogP contribution >= 0.6 is 0 Å². The van der Waals surface area contributed by atoms with Crippen LogP contribution in [0.25, 0.3) is 0 Å². The van der Waals surface area contributed by atoms with Gasteiger partial charge in [-0.2, -0.15) is 0 Å². The number of nitrogens with one attached hydrogen (secondary N) is 1. The second-order valence-electron chi connectivity index (χ2n) is 4.71. The van der Waals surface area contributed by atoms with Gasteiger partial charge in [-0.15, -0.1) is 0 Å². The predicted molar refractivity (Wildman–Crippen MR) is 83.2 cm³/mol. The van der Waals surface area contributed by atoms with Crippen LogP contribution in [0, 0.1) is 5.82 Å². The maximum absolute atomic E-state index is 13.5. The second-order valence-corrected chi connectivity index (χ2v) is 4.71. The minimum absolute atomic E-state index is 0.121. The number of hydrogen-bond donors (Lipinski definition) is 1. The molecule has 1 aromatic carbocycles. The molecule has 1 N–H and O–H groups in total. The lowest BCUT2D eigenvalue weighted by Crippen LogP contribution is -2.26. The van der Waals surface area contributed by atoms with Gasteiger partial charge in [0.15, 0.2) is 0 Å². The highest BCUT2D eigenvalue weighted by Gasteiger charge is 2.11. The molecule has 0 spiro atoms. The third-order valence-corrected chi connectivity index (χ3v) is 3.37. The van der Waals surface area contributed by atoms with Gasteiger partial charge >= 0.3 is 0 Å². The Morgan fingerprint density at radius 1 is 1.23 bits per heavy atom. The van der Waals surface area contributed by atoms with Crippen molar-refractivity contribution in [2.45, 2.75) is 20.4 Å². The summed E-state index contributed by atoms with van der Waals surface area (Å²) in [4.78, 5) is 22.3. The smallest absolute Gasteiger partial charge is 0.270 e. The Labute approximate surface area is 129 Å². The Morgan fingerprint density at radius 2 is 1.95 bits per heavy atom. The van der Waals surface area contributed by atoms with Crippen molar-refractivity contribution in [3.8, 4) is 0 Å². The van der Waals surface area contributed by atoms with Gasteiger partial charge in [-0.05, 0) is 19.9 Å². The van der Waals surface area contributed by atoms with E-state index in [-0.39, 0.29) is 24.0 Å². The van der Waals surface area contributed by atoms with Gasteiger partial charge in [-0.1, -0.05) is 18.2 Å². The highest BCUT2D eigenvalue weighted by molar-refractivity contribution is 5.92. The van der Waals surface area contributed by atoms with Gasteiger partial charge in [0.1, 0.15) is 23.7 Å². The summed E-state index contributed by atoms with van der Waals surface area (Å²) < 4.78 is 13.5. The molecule has 0 aliphatic heterocycles. The molecule has 1 amide bonds.